The first-order chi connectivity index (χ1) is 8.10. The highest BCUT2D eigenvalue weighted by atomic mass is 79.9. The highest BCUT2D eigenvalue weighted by molar-refractivity contribution is 9.10. The fourth-order valence-corrected chi connectivity index (χ4v) is 1.56. The first-order valence-corrected chi connectivity index (χ1v) is 5.66. The van der Waals surface area contributed by atoms with Gasteiger partial charge in [0.25, 0.3) is 5.88 Å². The van der Waals surface area contributed by atoms with Crippen molar-refractivity contribution in [3.63, 3.8) is 0 Å². The van der Waals surface area contributed by atoms with Crippen molar-refractivity contribution in [3.05, 3.63) is 40.6 Å². The van der Waals surface area contributed by atoms with Gasteiger partial charge in [-0.05, 0) is 25.1 Å². The number of hydrogen-bond acceptors (Lipinski definition) is 5. The first kappa shape index (κ1) is 13.4. The summed E-state index contributed by atoms with van der Waals surface area (Å²) in [6.45, 7) is 5.25. The molecule has 92 valence electrons. The lowest BCUT2D eigenvalue weighted by Gasteiger charge is -2.17. The SMILES string of the molecule is C=NN(/C(O)=C(/O)OCC)c1cccc(Br)c1. The van der Waals surface area contributed by atoms with Crippen molar-refractivity contribution >= 4 is 28.3 Å². The maximum atomic E-state index is 9.73. The summed E-state index contributed by atoms with van der Waals surface area (Å²) in [5.74, 6) is -1.11. The standard InChI is InChI=1S/C11H13BrN2O3/c1-3-17-11(16)10(15)14(13-2)9-6-4-5-8(12)7-9/h4-7,15-16H,2-3H2,1H3/b11-10+. The predicted molar refractivity (Wildman–Crippen MR) is 70.1 cm³/mol. The molecule has 0 aliphatic carbocycles. The van der Waals surface area contributed by atoms with E-state index in [-0.39, 0.29) is 6.61 Å². The molecule has 0 amide bonds. The molecular weight excluding hydrogens is 288 g/mol. The van der Waals surface area contributed by atoms with Gasteiger partial charge in [-0.15, -0.1) is 0 Å². The van der Waals surface area contributed by atoms with E-state index in [1.807, 2.05) is 6.07 Å². The Kier molecular flexibility index (Phi) is 4.84. The summed E-state index contributed by atoms with van der Waals surface area (Å²) in [5, 5.41) is 23.8. The van der Waals surface area contributed by atoms with Crippen molar-refractivity contribution in [2.75, 3.05) is 11.6 Å². The second-order valence-electron chi connectivity index (χ2n) is 2.99. The third kappa shape index (κ3) is 3.39. The van der Waals surface area contributed by atoms with E-state index in [1.165, 1.54) is 0 Å². The monoisotopic (exact) mass is 300 g/mol. The summed E-state index contributed by atoms with van der Waals surface area (Å²) < 4.78 is 5.59. The zero-order chi connectivity index (χ0) is 12.8. The highest BCUT2D eigenvalue weighted by Gasteiger charge is 2.16. The number of hydrazone groups is 1. The Hall–Kier alpha value is -1.69. The fourth-order valence-electron chi connectivity index (χ4n) is 1.17. The van der Waals surface area contributed by atoms with Crippen LogP contribution in [0.4, 0.5) is 5.69 Å². The molecule has 0 aliphatic rings. The van der Waals surface area contributed by atoms with Crippen molar-refractivity contribution in [2.45, 2.75) is 6.92 Å². The summed E-state index contributed by atoms with van der Waals surface area (Å²) in [6, 6.07) is 7.01. The second kappa shape index (κ2) is 6.15. The van der Waals surface area contributed by atoms with Gasteiger partial charge in [-0.2, -0.15) is 10.1 Å². The number of benzene rings is 1. The lowest BCUT2D eigenvalue weighted by molar-refractivity contribution is 0.0804. The molecule has 0 bridgehead atoms. The highest BCUT2D eigenvalue weighted by Crippen LogP contribution is 2.23. The maximum absolute atomic E-state index is 9.73. The Morgan fingerprint density at radius 2 is 2.24 bits per heavy atom. The molecule has 17 heavy (non-hydrogen) atoms. The Balaban J connectivity index is 3.07. The van der Waals surface area contributed by atoms with E-state index in [0.29, 0.717) is 5.69 Å². The maximum Gasteiger partial charge on any atom is 0.342 e. The molecular formula is C11H13BrN2O3. The van der Waals surface area contributed by atoms with Crippen LogP contribution in [0.15, 0.2) is 45.7 Å². The van der Waals surface area contributed by atoms with Gasteiger partial charge in [0, 0.05) is 11.2 Å². The summed E-state index contributed by atoms with van der Waals surface area (Å²) in [6.07, 6.45) is 0. The normalized spacial score (nSPS) is 11.6. The van der Waals surface area contributed by atoms with E-state index in [0.717, 1.165) is 9.48 Å². The van der Waals surface area contributed by atoms with Crippen molar-refractivity contribution in [1.82, 2.24) is 0 Å². The van der Waals surface area contributed by atoms with Crippen molar-refractivity contribution in [1.29, 1.82) is 0 Å². The summed E-state index contributed by atoms with van der Waals surface area (Å²) in [5.41, 5.74) is 0.540. The molecule has 0 aromatic heterocycles. The van der Waals surface area contributed by atoms with Gasteiger partial charge in [0.05, 0.1) is 12.3 Å². The molecule has 0 heterocycles. The van der Waals surface area contributed by atoms with E-state index < -0.39 is 11.8 Å². The van der Waals surface area contributed by atoms with Crippen LogP contribution in [0, 0.1) is 0 Å². The minimum atomic E-state index is -0.597. The molecule has 6 heteroatoms. The smallest absolute Gasteiger partial charge is 0.342 e. The fraction of sp³-hybridized carbons (Fsp3) is 0.182. The average Bonchev–Trinajstić information content (AvgIpc) is 2.30. The van der Waals surface area contributed by atoms with Crippen LogP contribution in [0.5, 0.6) is 0 Å². The van der Waals surface area contributed by atoms with E-state index in [2.05, 4.69) is 27.7 Å². The zero-order valence-electron chi connectivity index (χ0n) is 9.30. The average molecular weight is 301 g/mol. The Morgan fingerprint density at radius 1 is 1.53 bits per heavy atom. The minimum Gasteiger partial charge on any atom is -0.488 e. The molecule has 0 fully saturated rings. The third-order valence-corrected chi connectivity index (χ3v) is 2.36. The second-order valence-corrected chi connectivity index (χ2v) is 3.91. The molecule has 0 saturated carbocycles. The number of ether oxygens (including phenoxy) is 1. The number of aliphatic hydroxyl groups is 2. The summed E-state index contributed by atoms with van der Waals surface area (Å²) in [4.78, 5) is 0. The number of rotatable bonds is 5. The van der Waals surface area contributed by atoms with Gasteiger partial charge in [0.1, 0.15) is 0 Å². The third-order valence-electron chi connectivity index (χ3n) is 1.87. The number of halogens is 1. The van der Waals surface area contributed by atoms with Gasteiger partial charge >= 0.3 is 5.95 Å². The van der Waals surface area contributed by atoms with E-state index in [9.17, 15) is 10.2 Å². The molecule has 0 unspecified atom stereocenters. The molecule has 0 atom stereocenters. The molecule has 1 aromatic carbocycles. The van der Waals surface area contributed by atoms with Crippen molar-refractivity contribution in [3.8, 4) is 0 Å². The molecule has 0 saturated heterocycles. The molecule has 0 aliphatic heterocycles. The van der Waals surface area contributed by atoms with Crippen LogP contribution in [0.2, 0.25) is 0 Å². The van der Waals surface area contributed by atoms with Crippen molar-refractivity contribution < 1.29 is 14.9 Å². The quantitative estimate of drug-likeness (QED) is 0.498. The Morgan fingerprint density at radius 3 is 2.76 bits per heavy atom. The Labute approximate surface area is 108 Å². The van der Waals surface area contributed by atoms with Crippen LogP contribution < -0.4 is 5.01 Å². The first-order valence-electron chi connectivity index (χ1n) is 4.87. The summed E-state index contributed by atoms with van der Waals surface area (Å²) in [7, 11) is 0. The van der Waals surface area contributed by atoms with Gasteiger partial charge in [-0.1, -0.05) is 22.0 Å². The molecule has 2 N–H and O–H groups in total. The van der Waals surface area contributed by atoms with Crippen LogP contribution in [0.3, 0.4) is 0 Å². The van der Waals surface area contributed by atoms with E-state index in [1.54, 1.807) is 25.1 Å². The molecule has 5 nitrogen and oxygen atoms in total. The van der Waals surface area contributed by atoms with Crippen LogP contribution in [-0.2, 0) is 4.74 Å². The minimum absolute atomic E-state index is 0.235. The van der Waals surface area contributed by atoms with Gasteiger partial charge < -0.3 is 14.9 Å². The van der Waals surface area contributed by atoms with Crippen LogP contribution in [-0.4, -0.2) is 23.5 Å². The van der Waals surface area contributed by atoms with Crippen LogP contribution >= 0.6 is 15.9 Å². The zero-order valence-corrected chi connectivity index (χ0v) is 10.9. The van der Waals surface area contributed by atoms with Gasteiger partial charge in [-0.25, -0.2) is 0 Å². The summed E-state index contributed by atoms with van der Waals surface area (Å²) >= 11 is 3.30. The van der Waals surface area contributed by atoms with Gasteiger partial charge in [-0.3, -0.25) is 0 Å². The Bertz CT molecular complexity index is 434. The molecule has 1 rings (SSSR count). The van der Waals surface area contributed by atoms with Crippen molar-refractivity contribution in [2.24, 2.45) is 5.10 Å². The van der Waals surface area contributed by atoms with Gasteiger partial charge in [0.2, 0.25) is 0 Å². The van der Waals surface area contributed by atoms with E-state index in [4.69, 9.17) is 4.74 Å². The molecule has 1 aromatic rings. The van der Waals surface area contributed by atoms with Gasteiger partial charge in [0.15, 0.2) is 0 Å². The lowest BCUT2D eigenvalue weighted by Crippen LogP contribution is -2.18. The number of hydrogen-bond donors (Lipinski definition) is 2. The van der Waals surface area contributed by atoms with E-state index >= 15 is 0 Å². The number of aliphatic hydroxyl groups excluding tert-OH is 2. The topological polar surface area (TPSA) is 65.3 Å². The lowest BCUT2D eigenvalue weighted by atomic mass is 10.3. The molecule has 0 radical (unpaired) electrons. The largest absolute Gasteiger partial charge is 0.488 e. The van der Waals surface area contributed by atoms with Crippen LogP contribution in [0.25, 0.3) is 0 Å². The number of nitrogens with zero attached hydrogens (tertiary/aromatic N) is 2. The van der Waals surface area contributed by atoms with Crippen LogP contribution in [0.1, 0.15) is 6.92 Å². The predicted octanol–water partition coefficient (Wildman–Crippen LogP) is 3.15. The molecule has 0 spiro atoms. The number of anilines is 1.